The summed E-state index contributed by atoms with van der Waals surface area (Å²) in [6.07, 6.45) is 4.04. The third-order valence-corrected chi connectivity index (χ3v) is 15.0. The molecule has 8 heteroatoms. The molecule has 9 aromatic rings. The van der Waals surface area contributed by atoms with E-state index in [2.05, 4.69) is 285 Å². The van der Waals surface area contributed by atoms with Gasteiger partial charge in [-0.25, -0.2) is 9.97 Å². The van der Waals surface area contributed by atoms with Crippen LogP contribution in [0.15, 0.2) is 194 Å². The second-order valence-electron chi connectivity index (χ2n) is 24.4. The molecular weight excluding hydrogens is 914 g/mol. The lowest BCUT2D eigenvalue weighted by Crippen LogP contribution is -2.62. The summed E-state index contributed by atoms with van der Waals surface area (Å²) >= 11 is 0. The fourth-order valence-electron chi connectivity index (χ4n) is 10.7. The molecule has 0 radical (unpaired) electrons. The number of aromatic nitrogens is 3. The van der Waals surface area contributed by atoms with Gasteiger partial charge in [-0.2, -0.15) is 0 Å². The summed E-state index contributed by atoms with van der Waals surface area (Å²) in [4.78, 5) is 25.9. The van der Waals surface area contributed by atoms with E-state index in [9.17, 15) is 0 Å². The summed E-state index contributed by atoms with van der Waals surface area (Å²) < 4.78 is 0. The Kier molecular flexibility index (Phi) is 12.1. The molecule has 374 valence electrons. The molecule has 0 fully saturated rings. The van der Waals surface area contributed by atoms with E-state index >= 15 is 0 Å². The first-order valence-electron chi connectivity index (χ1n) is 26.5. The zero-order chi connectivity index (χ0) is 52.6. The SMILES string of the molecule is CC(C)(C)c1ccc(N(c2ccc(C(C)(C)C)cc2)c2ccc3c(n2)N(c2ccccc2)c2cncc4c2B3c2ccc(N(c3ccc(C(C)(C)C)cc3)c3ccc(C(C)(C)C)cc3)nc2N4c2ccccc2)cc1. The Morgan fingerprint density at radius 1 is 0.347 bits per heavy atom. The minimum atomic E-state index is -0.220. The Morgan fingerprint density at radius 2 is 0.640 bits per heavy atom. The van der Waals surface area contributed by atoms with Crippen molar-refractivity contribution in [2.24, 2.45) is 0 Å². The highest BCUT2D eigenvalue weighted by Crippen LogP contribution is 2.46. The Morgan fingerprint density at radius 3 is 0.920 bits per heavy atom. The van der Waals surface area contributed by atoms with E-state index in [1.54, 1.807) is 0 Å². The first-order chi connectivity index (χ1) is 35.7. The number of rotatable bonds is 8. The van der Waals surface area contributed by atoms with E-state index in [-0.39, 0.29) is 28.4 Å². The van der Waals surface area contributed by atoms with Gasteiger partial charge >= 0.3 is 0 Å². The first-order valence-corrected chi connectivity index (χ1v) is 26.5. The van der Waals surface area contributed by atoms with Crippen LogP contribution in [0.5, 0.6) is 0 Å². The summed E-state index contributed by atoms with van der Waals surface area (Å²) in [6.45, 7) is 26.9. The normalized spacial score (nSPS) is 13.3. The van der Waals surface area contributed by atoms with Crippen molar-refractivity contribution in [2.75, 3.05) is 19.6 Å². The molecule has 0 unspecified atom stereocenters. The highest BCUT2D eigenvalue weighted by Gasteiger charge is 2.45. The van der Waals surface area contributed by atoms with Crippen molar-refractivity contribution >= 4 is 91.9 Å². The topological polar surface area (TPSA) is 51.6 Å². The molecule has 0 amide bonds. The molecular formula is C67H68BN7. The summed E-state index contributed by atoms with van der Waals surface area (Å²) in [5.74, 6) is 3.33. The summed E-state index contributed by atoms with van der Waals surface area (Å²) in [7, 11) is 0. The maximum absolute atomic E-state index is 5.82. The molecule has 0 spiro atoms. The van der Waals surface area contributed by atoms with E-state index in [1.807, 2.05) is 12.4 Å². The second kappa shape index (κ2) is 18.5. The van der Waals surface area contributed by atoms with Crippen LogP contribution >= 0.6 is 0 Å². The fraction of sp³-hybridized carbons (Fsp3) is 0.239. The van der Waals surface area contributed by atoms with Gasteiger partial charge in [-0.15, -0.1) is 0 Å². The van der Waals surface area contributed by atoms with Crippen LogP contribution in [-0.2, 0) is 21.7 Å². The van der Waals surface area contributed by atoms with Crippen LogP contribution in [0, 0.1) is 0 Å². The van der Waals surface area contributed by atoms with Crippen LogP contribution < -0.4 is 36.0 Å². The number of fused-ring (bicyclic) bond motifs is 4. The van der Waals surface area contributed by atoms with Crippen LogP contribution in [0.25, 0.3) is 0 Å². The minimum absolute atomic E-state index is 0.00788. The van der Waals surface area contributed by atoms with Gasteiger partial charge in [0.25, 0.3) is 6.71 Å². The lowest BCUT2D eigenvalue weighted by atomic mass is 9.34. The fourth-order valence-corrected chi connectivity index (χ4v) is 10.7. The van der Waals surface area contributed by atoms with Gasteiger partial charge in [0.05, 0.1) is 23.8 Å². The van der Waals surface area contributed by atoms with Crippen molar-refractivity contribution in [1.29, 1.82) is 0 Å². The van der Waals surface area contributed by atoms with E-state index in [4.69, 9.17) is 15.0 Å². The lowest BCUT2D eigenvalue weighted by Gasteiger charge is -2.43. The zero-order valence-electron chi connectivity index (χ0n) is 45.7. The Balaban J connectivity index is 1.13. The molecule has 6 aromatic carbocycles. The number of anilines is 12. The number of benzene rings is 6. The first kappa shape index (κ1) is 49.3. The van der Waals surface area contributed by atoms with Gasteiger partial charge in [0.15, 0.2) is 0 Å². The molecule has 3 aromatic heterocycles. The van der Waals surface area contributed by atoms with Crippen LogP contribution in [0.1, 0.15) is 105 Å². The highest BCUT2D eigenvalue weighted by molar-refractivity contribution is 7.00. The van der Waals surface area contributed by atoms with Crippen LogP contribution in [0.3, 0.4) is 0 Å². The molecule has 75 heavy (non-hydrogen) atoms. The number of para-hydroxylation sites is 2. The van der Waals surface area contributed by atoms with Crippen molar-refractivity contribution in [1.82, 2.24) is 15.0 Å². The lowest BCUT2D eigenvalue weighted by molar-refractivity contribution is 0.590. The average molecular weight is 982 g/mol. The Bertz CT molecular complexity index is 3160. The molecule has 0 N–H and O–H groups in total. The summed E-state index contributed by atoms with van der Waals surface area (Å²) in [6, 6.07) is 66.2. The molecule has 0 bridgehead atoms. The second-order valence-corrected chi connectivity index (χ2v) is 24.4. The summed E-state index contributed by atoms with van der Waals surface area (Å²) in [5, 5.41) is 0. The maximum atomic E-state index is 5.82. The van der Waals surface area contributed by atoms with Crippen LogP contribution in [0.4, 0.5) is 68.8 Å². The van der Waals surface area contributed by atoms with Gasteiger partial charge in [0.1, 0.15) is 23.3 Å². The van der Waals surface area contributed by atoms with Gasteiger partial charge in [-0.3, -0.25) is 24.6 Å². The monoisotopic (exact) mass is 982 g/mol. The number of nitrogens with zero attached hydrogens (tertiary/aromatic N) is 7. The standard InChI is InChI=1S/C67H68BN7/c1-64(2,3)45-23-31-51(32-24-45)72(52-33-25-46(26-34-52)65(4,5)6)59-41-39-55-62(70-59)74(49-19-15-13-16-20-49)57-43-69-44-58-61(57)68(55)56-40-42-60(71-63(56)75(58)50-21-17-14-18-22-50)73(53-35-27-47(28-36-53)66(7,8)9)54-37-29-48(30-38-54)67(10,11)12/h13-44H,1-12H3. The van der Waals surface area contributed by atoms with Gasteiger partial charge < -0.3 is 0 Å². The predicted octanol–water partition coefficient (Wildman–Crippen LogP) is 16.1. The van der Waals surface area contributed by atoms with E-state index in [0.29, 0.717) is 0 Å². The molecule has 0 aliphatic carbocycles. The molecule has 11 rings (SSSR count). The van der Waals surface area contributed by atoms with Crippen molar-refractivity contribution < 1.29 is 0 Å². The highest BCUT2D eigenvalue weighted by atomic mass is 15.3. The van der Waals surface area contributed by atoms with Crippen LogP contribution in [-0.4, -0.2) is 21.7 Å². The maximum Gasteiger partial charge on any atom is 0.256 e. The van der Waals surface area contributed by atoms with Crippen molar-refractivity contribution in [3.05, 3.63) is 217 Å². The third-order valence-electron chi connectivity index (χ3n) is 15.0. The van der Waals surface area contributed by atoms with Crippen molar-refractivity contribution in [3.8, 4) is 0 Å². The molecule has 2 aliphatic heterocycles. The van der Waals surface area contributed by atoms with Crippen molar-refractivity contribution in [2.45, 2.75) is 105 Å². The van der Waals surface area contributed by atoms with Gasteiger partial charge in [-0.05, 0) is 145 Å². The van der Waals surface area contributed by atoms with Gasteiger partial charge in [0.2, 0.25) is 0 Å². The van der Waals surface area contributed by atoms with Crippen LogP contribution in [0.2, 0.25) is 0 Å². The molecule has 0 saturated heterocycles. The zero-order valence-corrected chi connectivity index (χ0v) is 45.7. The molecule has 2 aliphatic rings. The van der Waals surface area contributed by atoms with E-state index < -0.39 is 0 Å². The van der Waals surface area contributed by atoms with E-state index in [0.717, 1.165) is 85.2 Å². The number of hydrogen-bond donors (Lipinski definition) is 0. The summed E-state index contributed by atoms with van der Waals surface area (Å²) in [5.41, 5.74) is 16.6. The quantitative estimate of drug-likeness (QED) is 0.141. The largest absolute Gasteiger partial charge is 0.295 e. The van der Waals surface area contributed by atoms with Crippen molar-refractivity contribution in [3.63, 3.8) is 0 Å². The van der Waals surface area contributed by atoms with E-state index in [1.165, 1.54) is 22.3 Å². The molecule has 0 atom stereocenters. The number of hydrogen-bond acceptors (Lipinski definition) is 7. The molecule has 5 heterocycles. The smallest absolute Gasteiger partial charge is 0.256 e. The van der Waals surface area contributed by atoms with Gasteiger partial charge in [0, 0.05) is 34.1 Å². The number of pyridine rings is 3. The minimum Gasteiger partial charge on any atom is -0.295 e. The molecule has 0 saturated carbocycles. The van der Waals surface area contributed by atoms with Gasteiger partial charge in [-0.1, -0.05) is 180 Å². The third kappa shape index (κ3) is 9.15. The Labute approximate surface area is 445 Å². The average Bonchev–Trinajstić information content (AvgIpc) is 3.39. The predicted molar refractivity (Wildman–Crippen MR) is 318 cm³/mol. The Hall–Kier alpha value is -7.97. The molecule has 7 nitrogen and oxygen atoms in total.